The number of hydrogen-bond acceptors (Lipinski definition) is 9. The Hall–Kier alpha value is -4.22. The zero-order chi connectivity index (χ0) is 28.3. The van der Waals surface area contributed by atoms with Crippen molar-refractivity contribution in [1.29, 1.82) is 0 Å². The highest BCUT2D eigenvalue weighted by Crippen LogP contribution is 2.42. The summed E-state index contributed by atoms with van der Waals surface area (Å²) in [6.07, 6.45) is -3.50. The lowest BCUT2D eigenvalue weighted by molar-refractivity contribution is -0.0958. The molecule has 0 bridgehead atoms. The molecule has 0 spiro atoms. The largest absolute Gasteiger partial charge is 0.497 e. The maximum absolute atomic E-state index is 12.4. The average Bonchev–Trinajstić information content (AvgIpc) is 3.27. The Labute approximate surface area is 231 Å². The maximum Gasteiger partial charge on any atom is 0.351 e. The second-order valence-corrected chi connectivity index (χ2v) is 9.40. The number of hydrogen-bond donors (Lipinski definition) is 3. The first-order valence-corrected chi connectivity index (χ1v) is 12.7. The molecule has 40 heavy (non-hydrogen) atoms. The number of aliphatic hydroxyl groups excluding tert-OH is 2. The van der Waals surface area contributed by atoms with Gasteiger partial charge in [-0.25, -0.2) is 4.79 Å². The monoisotopic (exact) mass is 545 g/mol. The molecule has 0 saturated carbocycles. The molecule has 0 aliphatic carbocycles. The zero-order valence-corrected chi connectivity index (χ0v) is 22.1. The van der Waals surface area contributed by atoms with Crippen molar-refractivity contribution in [3.8, 4) is 11.5 Å². The number of benzene rings is 3. The molecular formula is C30H31N3O7. The highest BCUT2D eigenvalue weighted by atomic mass is 16.6. The van der Waals surface area contributed by atoms with Crippen LogP contribution in [0.1, 0.15) is 22.9 Å². The molecule has 4 unspecified atom stereocenters. The Morgan fingerprint density at radius 3 is 1.93 bits per heavy atom. The van der Waals surface area contributed by atoms with Crippen LogP contribution in [0.3, 0.4) is 0 Å². The topological polar surface area (TPSA) is 138 Å². The third kappa shape index (κ3) is 5.05. The van der Waals surface area contributed by atoms with Crippen molar-refractivity contribution in [2.75, 3.05) is 26.6 Å². The number of nitrogens with two attached hydrogens (primary N) is 1. The van der Waals surface area contributed by atoms with E-state index in [9.17, 15) is 15.0 Å². The first-order valence-electron chi connectivity index (χ1n) is 12.7. The van der Waals surface area contributed by atoms with Gasteiger partial charge in [0.2, 0.25) is 0 Å². The summed E-state index contributed by atoms with van der Waals surface area (Å²) in [6.45, 7) is -0.126. The van der Waals surface area contributed by atoms with Crippen LogP contribution in [-0.2, 0) is 15.1 Å². The van der Waals surface area contributed by atoms with E-state index in [1.807, 2.05) is 78.9 Å². The second kappa shape index (κ2) is 11.5. The fourth-order valence-corrected chi connectivity index (χ4v) is 5.00. The average molecular weight is 546 g/mol. The lowest BCUT2D eigenvalue weighted by Crippen LogP contribution is -2.39. The lowest BCUT2D eigenvalue weighted by Gasteiger charge is -2.37. The lowest BCUT2D eigenvalue weighted by atomic mass is 9.80. The van der Waals surface area contributed by atoms with Gasteiger partial charge in [-0.05, 0) is 47.0 Å². The van der Waals surface area contributed by atoms with Gasteiger partial charge in [0.05, 0.1) is 20.8 Å². The van der Waals surface area contributed by atoms with E-state index in [2.05, 4.69) is 4.98 Å². The minimum absolute atomic E-state index is 0.0424. The van der Waals surface area contributed by atoms with Crippen molar-refractivity contribution in [2.45, 2.75) is 30.1 Å². The molecule has 5 rings (SSSR count). The SMILES string of the molecule is COc1ccc(C(OCC2OC(n3ccc(N)nc3=O)C(O)C2O)(c2ccccc2)c2ccc(OC)cc2)cc1. The van der Waals surface area contributed by atoms with Crippen molar-refractivity contribution in [1.82, 2.24) is 9.55 Å². The molecule has 4 aromatic rings. The zero-order valence-electron chi connectivity index (χ0n) is 22.1. The Morgan fingerprint density at radius 1 is 0.850 bits per heavy atom. The molecule has 10 heteroatoms. The van der Waals surface area contributed by atoms with Gasteiger partial charge in [0.1, 0.15) is 41.2 Å². The molecular weight excluding hydrogens is 514 g/mol. The van der Waals surface area contributed by atoms with Crippen LogP contribution in [-0.4, -0.2) is 58.9 Å². The van der Waals surface area contributed by atoms with Crippen LogP contribution in [0, 0.1) is 0 Å². The number of aromatic nitrogens is 2. The molecule has 0 amide bonds. The van der Waals surface area contributed by atoms with Crippen LogP contribution in [0.15, 0.2) is 95.9 Å². The Bertz CT molecular complexity index is 1430. The van der Waals surface area contributed by atoms with Crippen LogP contribution in [0.2, 0.25) is 0 Å². The Morgan fingerprint density at radius 2 is 1.40 bits per heavy atom. The molecule has 1 aromatic heterocycles. The highest BCUT2D eigenvalue weighted by molar-refractivity contribution is 5.49. The number of anilines is 1. The van der Waals surface area contributed by atoms with Gasteiger partial charge in [-0.3, -0.25) is 4.57 Å². The fraction of sp³-hybridized carbons (Fsp3) is 0.267. The van der Waals surface area contributed by atoms with Crippen LogP contribution in [0.5, 0.6) is 11.5 Å². The number of nitrogens with zero attached hydrogens (tertiary/aromatic N) is 2. The van der Waals surface area contributed by atoms with Gasteiger partial charge in [-0.1, -0.05) is 54.6 Å². The normalized spacial score (nSPS) is 20.8. The van der Waals surface area contributed by atoms with Crippen LogP contribution < -0.4 is 20.9 Å². The first-order chi connectivity index (χ1) is 19.4. The predicted molar refractivity (Wildman–Crippen MR) is 147 cm³/mol. The molecule has 10 nitrogen and oxygen atoms in total. The minimum atomic E-state index is -1.40. The summed E-state index contributed by atoms with van der Waals surface area (Å²) in [5.74, 6) is 1.41. The summed E-state index contributed by atoms with van der Waals surface area (Å²) in [4.78, 5) is 16.1. The number of methoxy groups -OCH3 is 2. The molecule has 0 radical (unpaired) electrons. The Kier molecular flexibility index (Phi) is 7.85. The third-order valence-corrected chi connectivity index (χ3v) is 7.10. The van der Waals surface area contributed by atoms with Crippen molar-refractivity contribution in [2.24, 2.45) is 0 Å². The summed E-state index contributed by atoms with van der Waals surface area (Å²) in [6, 6.07) is 26.1. The van der Waals surface area contributed by atoms with E-state index in [4.69, 9.17) is 24.7 Å². The molecule has 1 saturated heterocycles. The first kappa shape index (κ1) is 27.4. The molecule has 1 fully saturated rings. The number of aliphatic hydroxyl groups is 2. The standard InChI is InChI=1S/C30H31N3O7/c1-37-22-12-8-20(9-13-22)30(19-6-4-3-5-7-19,21-10-14-23(38-2)15-11-21)39-18-24-26(34)27(35)28(40-24)33-17-16-25(31)32-29(33)36/h3-17,24,26-28,34-35H,18H2,1-2H3,(H2,31,32,36). The summed E-state index contributed by atoms with van der Waals surface area (Å²) < 4.78 is 24.6. The van der Waals surface area contributed by atoms with Gasteiger partial charge < -0.3 is 34.9 Å². The second-order valence-electron chi connectivity index (χ2n) is 9.40. The van der Waals surface area contributed by atoms with Gasteiger partial charge in [-0.2, -0.15) is 4.98 Å². The van der Waals surface area contributed by atoms with Gasteiger partial charge in [-0.15, -0.1) is 0 Å². The van der Waals surface area contributed by atoms with E-state index >= 15 is 0 Å². The number of ether oxygens (including phenoxy) is 4. The quantitative estimate of drug-likeness (QED) is 0.271. The van der Waals surface area contributed by atoms with E-state index < -0.39 is 35.8 Å². The Balaban J connectivity index is 1.55. The van der Waals surface area contributed by atoms with Crippen molar-refractivity contribution in [3.63, 3.8) is 0 Å². The molecule has 4 N–H and O–H groups in total. The van der Waals surface area contributed by atoms with Crippen LogP contribution in [0.25, 0.3) is 0 Å². The van der Waals surface area contributed by atoms with Gasteiger partial charge >= 0.3 is 5.69 Å². The fourth-order valence-electron chi connectivity index (χ4n) is 5.00. The van der Waals surface area contributed by atoms with Crippen LogP contribution in [0.4, 0.5) is 5.82 Å². The molecule has 1 aliphatic rings. The molecule has 2 heterocycles. The number of rotatable bonds is 9. The third-order valence-electron chi connectivity index (χ3n) is 7.10. The summed E-state index contributed by atoms with van der Waals surface area (Å²) in [5.41, 5.74) is 6.18. The van der Waals surface area contributed by atoms with Gasteiger partial charge in [0.15, 0.2) is 6.23 Å². The highest BCUT2D eigenvalue weighted by Gasteiger charge is 2.46. The molecule has 1 aliphatic heterocycles. The van der Waals surface area contributed by atoms with E-state index in [0.717, 1.165) is 21.3 Å². The van der Waals surface area contributed by atoms with Crippen molar-refractivity contribution < 1.29 is 29.2 Å². The maximum atomic E-state index is 12.4. The van der Waals surface area contributed by atoms with E-state index in [0.29, 0.717) is 11.5 Å². The molecule has 3 aromatic carbocycles. The smallest absolute Gasteiger partial charge is 0.351 e. The van der Waals surface area contributed by atoms with E-state index in [1.54, 1.807) is 14.2 Å². The summed E-state index contributed by atoms with van der Waals surface area (Å²) >= 11 is 0. The minimum Gasteiger partial charge on any atom is -0.497 e. The van der Waals surface area contributed by atoms with E-state index in [1.165, 1.54) is 12.3 Å². The van der Waals surface area contributed by atoms with Gasteiger partial charge in [0, 0.05) is 6.20 Å². The van der Waals surface area contributed by atoms with Crippen molar-refractivity contribution >= 4 is 5.82 Å². The van der Waals surface area contributed by atoms with E-state index in [-0.39, 0.29) is 12.4 Å². The van der Waals surface area contributed by atoms with Gasteiger partial charge in [0.25, 0.3) is 0 Å². The molecule has 4 atom stereocenters. The number of nitrogen functional groups attached to an aromatic ring is 1. The predicted octanol–water partition coefficient (Wildman–Crippen LogP) is 2.47. The van der Waals surface area contributed by atoms with Crippen molar-refractivity contribution in [3.05, 3.63) is 118 Å². The summed E-state index contributed by atoms with van der Waals surface area (Å²) in [7, 11) is 3.20. The molecule has 208 valence electrons. The van der Waals surface area contributed by atoms with Crippen LogP contribution >= 0.6 is 0 Å². The summed E-state index contributed by atoms with van der Waals surface area (Å²) in [5, 5.41) is 21.7.